The first-order chi connectivity index (χ1) is 10.5. The number of nitrogens with one attached hydrogen (secondary N) is 1. The van der Waals surface area contributed by atoms with Crippen molar-refractivity contribution in [3.63, 3.8) is 0 Å². The molecule has 2 atom stereocenters. The van der Waals surface area contributed by atoms with Crippen molar-refractivity contribution < 1.29 is 13.2 Å². The Morgan fingerprint density at radius 3 is 2.73 bits per heavy atom. The number of para-hydroxylation sites is 1. The van der Waals surface area contributed by atoms with E-state index >= 15 is 0 Å². The number of benzene rings is 1. The zero-order valence-electron chi connectivity index (χ0n) is 13.0. The average Bonchev–Trinajstić information content (AvgIpc) is 3.02. The molecule has 0 aliphatic carbocycles. The van der Waals surface area contributed by atoms with E-state index in [1.807, 2.05) is 31.2 Å². The van der Waals surface area contributed by atoms with Crippen molar-refractivity contribution in [1.29, 1.82) is 0 Å². The van der Waals surface area contributed by atoms with Crippen LogP contribution in [0.25, 0.3) is 0 Å². The van der Waals surface area contributed by atoms with Gasteiger partial charge in [-0.05, 0) is 31.4 Å². The van der Waals surface area contributed by atoms with Crippen LogP contribution in [0.4, 0.5) is 5.69 Å². The Morgan fingerprint density at radius 1 is 1.32 bits per heavy atom. The van der Waals surface area contributed by atoms with Crippen LogP contribution in [0.3, 0.4) is 0 Å². The van der Waals surface area contributed by atoms with Crippen molar-refractivity contribution in [2.45, 2.75) is 44.6 Å². The van der Waals surface area contributed by atoms with Crippen LogP contribution in [0.1, 0.15) is 38.7 Å². The van der Waals surface area contributed by atoms with Crippen molar-refractivity contribution in [1.82, 2.24) is 4.31 Å². The van der Waals surface area contributed by atoms with Gasteiger partial charge in [-0.2, -0.15) is 4.31 Å². The number of carbonyl (C=O) groups is 1. The summed E-state index contributed by atoms with van der Waals surface area (Å²) in [5.74, 6) is 0.0213. The van der Waals surface area contributed by atoms with Crippen LogP contribution in [-0.2, 0) is 20.2 Å². The van der Waals surface area contributed by atoms with Crippen molar-refractivity contribution in [2.24, 2.45) is 0 Å². The molecule has 0 radical (unpaired) electrons. The number of rotatable bonds is 4. The van der Waals surface area contributed by atoms with Gasteiger partial charge in [0.1, 0.15) is 0 Å². The minimum atomic E-state index is -3.31. The first-order valence-corrected chi connectivity index (χ1v) is 9.48. The number of carbonyl (C=O) groups excluding carboxylic acids is 1. The molecule has 0 bridgehead atoms. The van der Waals surface area contributed by atoms with Crippen LogP contribution < -0.4 is 5.32 Å². The maximum atomic E-state index is 12.8. The topological polar surface area (TPSA) is 66.5 Å². The summed E-state index contributed by atoms with van der Waals surface area (Å²) in [4.78, 5) is 12.8. The van der Waals surface area contributed by atoms with Crippen LogP contribution in [0, 0.1) is 0 Å². The predicted molar refractivity (Wildman–Crippen MR) is 86.2 cm³/mol. The lowest BCUT2D eigenvalue weighted by Gasteiger charge is -2.33. The molecule has 1 aromatic rings. The van der Waals surface area contributed by atoms with Gasteiger partial charge in [0.25, 0.3) is 0 Å². The third kappa shape index (κ3) is 2.01. The fraction of sp³-hybridized carbons (Fsp3) is 0.562. The van der Waals surface area contributed by atoms with Crippen LogP contribution in [0.2, 0.25) is 0 Å². The fourth-order valence-corrected chi connectivity index (χ4v) is 5.31. The molecule has 1 amide bonds. The van der Waals surface area contributed by atoms with Gasteiger partial charge < -0.3 is 5.32 Å². The smallest absolute Gasteiger partial charge is 0.236 e. The van der Waals surface area contributed by atoms with Gasteiger partial charge in [0.05, 0.1) is 11.2 Å². The molecule has 2 aliphatic heterocycles. The number of fused-ring (bicyclic) bond motifs is 2. The van der Waals surface area contributed by atoms with E-state index in [1.165, 1.54) is 0 Å². The quantitative estimate of drug-likeness (QED) is 0.923. The lowest BCUT2D eigenvalue weighted by molar-refractivity contribution is -0.121. The molecule has 2 heterocycles. The maximum Gasteiger partial charge on any atom is 0.236 e. The van der Waals surface area contributed by atoms with E-state index in [4.69, 9.17) is 0 Å². The SMILES string of the molecule is CCC[C@@H]1N(S(=O)(=O)CC)CC[C@]12C(=O)Nc1ccccc12. The maximum absolute atomic E-state index is 12.8. The largest absolute Gasteiger partial charge is 0.325 e. The number of amides is 1. The predicted octanol–water partition coefficient (Wildman–Crippen LogP) is 2.10. The Morgan fingerprint density at radius 2 is 2.05 bits per heavy atom. The van der Waals surface area contributed by atoms with Crippen LogP contribution in [0.15, 0.2) is 24.3 Å². The van der Waals surface area contributed by atoms with Crippen molar-refractivity contribution >= 4 is 21.6 Å². The monoisotopic (exact) mass is 322 g/mol. The third-order valence-corrected chi connectivity index (χ3v) is 6.87. The summed E-state index contributed by atoms with van der Waals surface area (Å²) in [6.45, 7) is 4.11. The number of hydrogen-bond donors (Lipinski definition) is 1. The standard InChI is InChI=1S/C16H22N2O3S/c1-3-7-14-16(10-11-18(14)22(20,21)4-2)12-8-5-6-9-13(12)17-15(16)19/h5-6,8-9,14H,3-4,7,10-11H2,1-2H3,(H,17,19)/t14-,16+/m0/s1. The van der Waals surface area contributed by atoms with Gasteiger partial charge in [-0.3, -0.25) is 4.79 Å². The number of anilines is 1. The molecular formula is C16H22N2O3S. The molecule has 6 heteroatoms. The molecule has 1 aromatic carbocycles. The van der Waals surface area contributed by atoms with E-state index < -0.39 is 15.4 Å². The molecule has 120 valence electrons. The summed E-state index contributed by atoms with van der Waals surface area (Å²) in [7, 11) is -3.31. The highest BCUT2D eigenvalue weighted by molar-refractivity contribution is 7.89. The van der Waals surface area contributed by atoms with Crippen LogP contribution in [0.5, 0.6) is 0 Å². The summed E-state index contributed by atoms with van der Waals surface area (Å²) < 4.78 is 26.4. The van der Waals surface area contributed by atoms with E-state index in [1.54, 1.807) is 11.2 Å². The zero-order chi connectivity index (χ0) is 16.0. The molecule has 5 nitrogen and oxygen atoms in total. The summed E-state index contributed by atoms with van der Waals surface area (Å²) in [6.07, 6.45) is 2.10. The molecule has 1 N–H and O–H groups in total. The van der Waals surface area contributed by atoms with Gasteiger partial charge in [-0.15, -0.1) is 0 Å². The summed E-state index contributed by atoms with van der Waals surface area (Å²) >= 11 is 0. The Bertz CT molecular complexity index is 701. The second-order valence-electron chi connectivity index (χ2n) is 6.04. The minimum Gasteiger partial charge on any atom is -0.325 e. The highest BCUT2D eigenvalue weighted by Gasteiger charge is 2.59. The molecule has 0 saturated carbocycles. The molecule has 0 unspecified atom stereocenters. The fourth-order valence-electron chi connectivity index (χ4n) is 3.93. The van der Waals surface area contributed by atoms with Crippen LogP contribution in [-0.4, -0.2) is 37.0 Å². The van der Waals surface area contributed by atoms with E-state index in [0.717, 1.165) is 17.7 Å². The lowest BCUT2D eigenvalue weighted by atomic mass is 9.74. The van der Waals surface area contributed by atoms with Gasteiger partial charge in [-0.1, -0.05) is 31.5 Å². The Hall–Kier alpha value is -1.40. The highest BCUT2D eigenvalue weighted by atomic mass is 32.2. The van der Waals surface area contributed by atoms with Crippen LogP contribution >= 0.6 is 0 Å². The van der Waals surface area contributed by atoms with Crippen molar-refractivity contribution in [3.05, 3.63) is 29.8 Å². The second-order valence-corrected chi connectivity index (χ2v) is 8.25. The minimum absolute atomic E-state index is 0.0547. The average molecular weight is 322 g/mol. The lowest BCUT2D eigenvalue weighted by Crippen LogP contribution is -2.49. The Labute approximate surface area is 131 Å². The van der Waals surface area contributed by atoms with Gasteiger partial charge in [0.2, 0.25) is 15.9 Å². The molecule has 22 heavy (non-hydrogen) atoms. The van der Waals surface area contributed by atoms with Gasteiger partial charge in [0, 0.05) is 18.3 Å². The zero-order valence-corrected chi connectivity index (χ0v) is 13.8. The Balaban J connectivity index is 2.12. The number of sulfonamides is 1. The van der Waals surface area contributed by atoms with Gasteiger partial charge >= 0.3 is 0 Å². The second kappa shape index (κ2) is 5.35. The number of hydrogen-bond acceptors (Lipinski definition) is 3. The summed E-state index contributed by atoms with van der Waals surface area (Å²) in [5.41, 5.74) is 1.05. The molecule has 1 saturated heterocycles. The number of nitrogens with zero attached hydrogens (tertiary/aromatic N) is 1. The first-order valence-electron chi connectivity index (χ1n) is 7.88. The molecule has 1 fully saturated rings. The van der Waals surface area contributed by atoms with E-state index in [9.17, 15) is 13.2 Å². The van der Waals surface area contributed by atoms with Crippen molar-refractivity contribution in [2.75, 3.05) is 17.6 Å². The molecule has 1 spiro atoms. The molecular weight excluding hydrogens is 300 g/mol. The van der Waals surface area contributed by atoms with E-state index in [2.05, 4.69) is 5.32 Å². The molecule has 3 rings (SSSR count). The van der Waals surface area contributed by atoms with Gasteiger partial charge in [-0.25, -0.2) is 8.42 Å². The van der Waals surface area contributed by atoms with E-state index in [0.29, 0.717) is 19.4 Å². The summed E-state index contributed by atoms with van der Waals surface area (Å²) in [5, 5.41) is 2.95. The van der Waals surface area contributed by atoms with E-state index in [-0.39, 0.29) is 17.7 Å². The highest BCUT2D eigenvalue weighted by Crippen LogP contribution is 2.50. The summed E-state index contributed by atoms with van der Waals surface area (Å²) in [6, 6.07) is 7.37. The first kappa shape index (κ1) is 15.5. The normalized spacial score (nSPS) is 28.1. The molecule has 2 aliphatic rings. The Kier molecular flexibility index (Phi) is 3.77. The molecule has 0 aromatic heterocycles. The third-order valence-electron chi connectivity index (χ3n) is 4.99. The van der Waals surface area contributed by atoms with Gasteiger partial charge in [0.15, 0.2) is 0 Å². The van der Waals surface area contributed by atoms with Crippen molar-refractivity contribution in [3.8, 4) is 0 Å².